The van der Waals surface area contributed by atoms with E-state index in [0.29, 0.717) is 11.1 Å². The Hall–Kier alpha value is -3.15. The van der Waals surface area contributed by atoms with Crippen molar-refractivity contribution in [1.29, 1.82) is 0 Å². The Morgan fingerprint density at radius 3 is 2.52 bits per heavy atom. The zero-order chi connectivity index (χ0) is 19.7. The molecule has 3 rings (SSSR count). The number of imidazole rings is 1. The summed E-state index contributed by atoms with van der Waals surface area (Å²) in [4.78, 5) is 28.7. The molecule has 0 bridgehead atoms. The second-order valence-electron chi connectivity index (χ2n) is 6.91. The van der Waals surface area contributed by atoms with Crippen molar-refractivity contribution in [3.63, 3.8) is 0 Å². The number of carbonyl (C=O) groups is 2. The van der Waals surface area contributed by atoms with Gasteiger partial charge in [-0.3, -0.25) is 4.79 Å². The highest BCUT2D eigenvalue weighted by atomic mass is 16.4. The van der Waals surface area contributed by atoms with E-state index < -0.39 is 17.9 Å². The maximum Gasteiger partial charge on any atom is 0.326 e. The van der Waals surface area contributed by atoms with Gasteiger partial charge < -0.3 is 15.0 Å². The van der Waals surface area contributed by atoms with Crippen LogP contribution in [0.2, 0.25) is 0 Å². The fraction of sp³-hybridized carbons (Fsp3) is 0.286. The molecule has 2 N–H and O–H groups in total. The standard InChI is InChI=1S/C21H23N3O3/c1-12-5-6-15(9-13(12)2)10-18(21(26)27)23-20(25)16-7-8-19-17(11-16)22-14(3)24(19)4/h5-9,11,18H,10H2,1-4H3,(H,23,25)(H,26,27)/t18-/m0/s1. The molecule has 1 atom stereocenters. The molecule has 0 saturated carbocycles. The van der Waals surface area contributed by atoms with Crippen LogP contribution < -0.4 is 5.32 Å². The van der Waals surface area contributed by atoms with Crippen LogP contribution >= 0.6 is 0 Å². The molecular formula is C21H23N3O3. The van der Waals surface area contributed by atoms with Gasteiger partial charge in [0.25, 0.3) is 5.91 Å². The monoisotopic (exact) mass is 365 g/mol. The lowest BCUT2D eigenvalue weighted by molar-refractivity contribution is -0.139. The van der Waals surface area contributed by atoms with Crippen LogP contribution in [-0.2, 0) is 18.3 Å². The first-order valence-electron chi connectivity index (χ1n) is 8.79. The van der Waals surface area contributed by atoms with Gasteiger partial charge in [-0.1, -0.05) is 18.2 Å². The van der Waals surface area contributed by atoms with Crippen LogP contribution in [0.1, 0.15) is 32.9 Å². The van der Waals surface area contributed by atoms with Gasteiger partial charge in [-0.2, -0.15) is 0 Å². The molecule has 27 heavy (non-hydrogen) atoms. The molecule has 0 unspecified atom stereocenters. The Kier molecular flexibility index (Phi) is 4.99. The highest BCUT2D eigenvalue weighted by Gasteiger charge is 2.22. The van der Waals surface area contributed by atoms with Crippen LogP contribution in [0.3, 0.4) is 0 Å². The van der Waals surface area contributed by atoms with Crippen LogP contribution in [0, 0.1) is 20.8 Å². The van der Waals surface area contributed by atoms with Crippen molar-refractivity contribution < 1.29 is 14.7 Å². The zero-order valence-electron chi connectivity index (χ0n) is 15.9. The number of nitrogens with one attached hydrogen (secondary N) is 1. The molecule has 0 aliphatic rings. The number of amides is 1. The summed E-state index contributed by atoms with van der Waals surface area (Å²) in [7, 11) is 1.91. The topological polar surface area (TPSA) is 84.2 Å². The molecule has 0 radical (unpaired) electrons. The number of nitrogens with zero attached hydrogens (tertiary/aromatic N) is 2. The van der Waals surface area contributed by atoms with E-state index in [0.717, 1.165) is 28.0 Å². The van der Waals surface area contributed by atoms with Crippen molar-refractivity contribution in [2.45, 2.75) is 33.2 Å². The summed E-state index contributed by atoms with van der Waals surface area (Å²) in [5.41, 5.74) is 5.15. The number of hydrogen-bond acceptors (Lipinski definition) is 3. The average Bonchev–Trinajstić information content (AvgIpc) is 2.91. The second kappa shape index (κ2) is 7.23. The Morgan fingerprint density at radius 1 is 1.11 bits per heavy atom. The summed E-state index contributed by atoms with van der Waals surface area (Å²) in [6, 6.07) is 10.0. The lowest BCUT2D eigenvalue weighted by Gasteiger charge is -2.15. The molecule has 1 heterocycles. The number of carbonyl (C=O) groups excluding carboxylic acids is 1. The summed E-state index contributed by atoms with van der Waals surface area (Å²) < 4.78 is 1.94. The van der Waals surface area contributed by atoms with Crippen molar-refractivity contribution in [2.24, 2.45) is 7.05 Å². The molecule has 3 aromatic rings. The number of carboxylic acid groups (broad SMARTS) is 1. The normalized spacial score (nSPS) is 12.1. The summed E-state index contributed by atoms with van der Waals surface area (Å²) in [6.07, 6.45) is 0.229. The Labute approximate surface area is 157 Å². The fourth-order valence-corrected chi connectivity index (χ4v) is 3.07. The maximum absolute atomic E-state index is 12.6. The van der Waals surface area contributed by atoms with Crippen LogP contribution in [-0.4, -0.2) is 32.6 Å². The zero-order valence-corrected chi connectivity index (χ0v) is 15.9. The summed E-state index contributed by atoms with van der Waals surface area (Å²) in [6.45, 7) is 5.88. The number of aliphatic carboxylic acids is 1. The molecule has 0 saturated heterocycles. The number of aryl methyl sites for hydroxylation is 4. The van der Waals surface area contributed by atoms with Gasteiger partial charge in [0.1, 0.15) is 11.9 Å². The number of aromatic nitrogens is 2. The highest BCUT2D eigenvalue weighted by molar-refractivity contribution is 5.99. The van der Waals surface area contributed by atoms with Gasteiger partial charge in [0.15, 0.2) is 0 Å². The molecule has 0 fully saturated rings. The lowest BCUT2D eigenvalue weighted by atomic mass is 10.0. The molecule has 1 amide bonds. The fourth-order valence-electron chi connectivity index (χ4n) is 3.07. The van der Waals surface area contributed by atoms with E-state index in [-0.39, 0.29) is 6.42 Å². The van der Waals surface area contributed by atoms with E-state index in [9.17, 15) is 14.7 Å². The van der Waals surface area contributed by atoms with Crippen molar-refractivity contribution in [3.05, 3.63) is 64.5 Å². The number of carboxylic acids is 1. The first-order valence-corrected chi connectivity index (χ1v) is 8.79. The quantitative estimate of drug-likeness (QED) is 0.728. The predicted molar refractivity (Wildman–Crippen MR) is 104 cm³/mol. The van der Waals surface area contributed by atoms with E-state index in [1.165, 1.54) is 0 Å². The molecule has 0 spiro atoms. The van der Waals surface area contributed by atoms with Crippen molar-refractivity contribution in [2.75, 3.05) is 0 Å². The van der Waals surface area contributed by atoms with E-state index in [1.54, 1.807) is 12.1 Å². The maximum atomic E-state index is 12.6. The lowest BCUT2D eigenvalue weighted by Crippen LogP contribution is -2.42. The van der Waals surface area contributed by atoms with Crippen molar-refractivity contribution in [3.8, 4) is 0 Å². The highest BCUT2D eigenvalue weighted by Crippen LogP contribution is 2.17. The van der Waals surface area contributed by atoms with E-state index >= 15 is 0 Å². The van der Waals surface area contributed by atoms with Gasteiger partial charge in [-0.05, 0) is 55.7 Å². The number of rotatable bonds is 5. The van der Waals surface area contributed by atoms with Gasteiger partial charge in [0.05, 0.1) is 11.0 Å². The molecule has 6 heteroatoms. The molecule has 140 valence electrons. The van der Waals surface area contributed by atoms with Gasteiger partial charge in [0.2, 0.25) is 0 Å². The number of hydrogen-bond donors (Lipinski definition) is 2. The van der Waals surface area contributed by atoms with E-state index in [2.05, 4.69) is 10.3 Å². The minimum absolute atomic E-state index is 0.229. The smallest absolute Gasteiger partial charge is 0.326 e. The van der Waals surface area contributed by atoms with Gasteiger partial charge in [-0.15, -0.1) is 0 Å². The van der Waals surface area contributed by atoms with Crippen molar-refractivity contribution >= 4 is 22.9 Å². The first kappa shape index (κ1) is 18.6. The third-order valence-corrected chi connectivity index (χ3v) is 4.98. The molecule has 1 aromatic heterocycles. The summed E-state index contributed by atoms with van der Waals surface area (Å²) in [5, 5.41) is 12.2. The van der Waals surface area contributed by atoms with Crippen LogP contribution in [0.15, 0.2) is 36.4 Å². The SMILES string of the molecule is Cc1ccc(C[C@H](NC(=O)c2ccc3c(c2)nc(C)n3C)C(=O)O)cc1C. The molecule has 6 nitrogen and oxygen atoms in total. The molecule has 2 aromatic carbocycles. The largest absolute Gasteiger partial charge is 0.480 e. The van der Waals surface area contributed by atoms with E-state index in [4.69, 9.17) is 0 Å². The third-order valence-electron chi connectivity index (χ3n) is 4.98. The van der Waals surface area contributed by atoms with Gasteiger partial charge >= 0.3 is 5.97 Å². The van der Waals surface area contributed by atoms with Crippen molar-refractivity contribution in [1.82, 2.24) is 14.9 Å². The minimum atomic E-state index is -1.06. The Balaban J connectivity index is 1.80. The second-order valence-corrected chi connectivity index (χ2v) is 6.91. The molecular weight excluding hydrogens is 342 g/mol. The van der Waals surface area contributed by atoms with E-state index in [1.807, 2.05) is 56.7 Å². The molecule has 0 aliphatic heterocycles. The minimum Gasteiger partial charge on any atom is -0.480 e. The Morgan fingerprint density at radius 2 is 1.85 bits per heavy atom. The van der Waals surface area contributed by atoms with Crippen LogP contribution in [0.25, 0.3) is 11.0 Å². The van der Waals surface area contributed by atoms with Gasteiger partial charge in [-0.25, -0.2) is 9.78 Å². The molecule has 0 aliphatic carbocycles. The summed E-state index contributed by atoms with van der Waals surface area (Å²) in [5.74, 6) is -0.631. The van der Waals surface area contributed by atoms with Gasteiger partial charge in [0, 0.05) is 19.0 Å². The summed E-state index contributed by atoms with van der Waals surface area (Å²) >= 11 is 0. The number of benzene rings is 2. The predicted octanol–water partition coefficient (Wildman–Crippen LogP) is 2.92. The van der Waals surface area contributed by atoms with Crippen LogP contribution in [0.5, 0.6) is 0 Å². The Bertz CT molecular complexity index is 1040. The van der Waals surface area contributed by atoms with Crippen LogP contribution in [0.4, 0.5) is 0 Å². The first-order chi connectivity index (χ1) is 12.8. The third kappa shape index (κ3) is 3.84. The average molecular weight is 365 g/mol. The number of fused-ring (bicyclic) bond motifs is 1.